The minimum absolute atomic E-state index is 0. The summed E-state index contributed by atoms with van der Waals surface area (Å²) in [5.74, 6) is -32.5. The van der Waals surface area contributed by atoms with Gasteiger partial charge in [0.2, 0.25) is 0 Å². The topological polar surface area (TPSA) is 73.8 Å². The van der Waals surface area contributed by atoms with Crippen molar-refractivity contribution >= 4 is 0 Å². The lowest BCUT2D eigenvalue weighted by Crippen LogP contribution is -2.65. The summed E-state index contributed by atoms with van der Waals surface area (Å²) in [6, 6.07) is 0. The molecule has 402 valence electrons. The third kappa shape index (κ3) is 16.5. The normalized spacial score (nSPS) is 20.6. The molecule has 8 nitrogen and oxygen atoms in total. The van der Waals surface area contributed by atoms with Gasteiger partial charge >= 0.3 is 72.6 Å². The molecular formula is C32H44F26O8. The number of ether oxygens (including phenoxy) is 8. The number of halogens is 26. The molecule has 0 aromatic heterocycles. The van der Waals surface area contributed by atoms with Crippen molar-refractivity contribution in [3.63, 3.8) is 0 Å². The summed E-state index contributed by atoms with van der Waals surface area (Å²) in [6.45, 7) is -0.788. The van der Waals surface area contributed by atoms with Crippen LogP contribution in [0, 0.1) is 5.41 Å². The third-order valence-electron chi connectivity index (χ3n) is 7.22. The van der Waals surface area contributed by atoms with Gasteiger partial charge in [-0.05, 0) is 6.42 Å². The van der Waals surface area contributed by atoms with E-state index >= 15 is 0 Å². The fraction of sp³-hybridized carbons (Fsp3) is 0.875. The Balaban J connectivity index is -0.000000351. The molecule has 2 fully saturated rings. The second-order valence-corrected chi connectivity index (χ2v) is 12.4. The summed E-state index contributed by atoms with van der Waals surface area (Å²) in [5, 5.41) is 0. The maximum absolute atomic E-state index is 14.2. The van der Waals surface area contributed by atoms with Crippen molar-refractivity contribution in [3.8, 4) is 0 Å². The second-order valence-electron chi connectivity index (χ2n) is 12.4. The summed E-state index contributed by atoms with van der Waals surface area (Å²) in [4.78, 5) is 0. The quantitative estimate of drug-likeness (QED) is 0.0882. The van der Waals surface area contributed by atoms with Crippen LogP contribution in [-0.2, 0) is 37.9 Å². The van der Waals surface area contributed by atoms with Gasteiger partial charge in [0.15, 0.2) is 17.9 Å². The Labute approximate surface area is 358 Å². The maximum atomic E-state index is 14.2. The van der Waals surface area contributed by atoms with Crippen LogP contribution in [0.15, 0.2) is 24.8 Å². The van der Waals surface area contributed by atoms with E-state index < -0.39 is 116 Å². The molecule has 5 unspecified atom stereocenters. The van der Waals surface area contributed by atoms with E-state index in [0.717, 1.165) is 0 Å². The van der Waals surface area contributed by atoms with E-state index in [-0.39, 0.29) is 69.8 Å². The smallest absolute Gasteiger partial charge is 0.380 e. The number of hydrogen-bond donors (Lipinski definition) is 0. The molecule has 66 heavy (non-hydrogen) atoms. The molecule has 2 saturated heterocycles. The summed E-state index contributed by atoms with van der Waals surface area (Å²) in [5.41, 5.74) is -0.624. The van der Waals surface area contributed by atoms with E-state index in [1.807, 2.05) is 0 Å². The predicted molar refractivity (Wildman–Crippen MR) is 173 cm³/mol. The molecule has 5 atom stereocenters. The van der Waals surface area contributed by atoms with Gasteiger partial charge in [-0.15, -0.1) is 0 Å². The molecule has 0 bridgehead atoms. The molecular weight excluding hydrogens is 1010 g/mol. The molecule has 2 rings (SSSR count). The van der Waals surface area contributed by atoms with Crippen molar-refractivity contribution in [1.29, 1.82) is 0 Å². The largest absolute Gasteiger partial charge is 0.458 e. The molecule has 0 N–H and O–H groups in total. The highest BCUT2D eigenvalue weighted by molar-refractivity contribution is 4.99. The Hall–Kier alpha value is -2.66. The van der Waals surface area contributed by atoms with Gasteiger partial charge in [-0.25, -0.2) is 8.78 Å². The molecule has 0 saturated carbocycles. The van der Waals surface area contributed by atoms with Gasteiger partial charge in [0, 0.05) is 18.4 Å². The highest BCUT2D eigenvalue weighted by Gasteiger charge is 2.82. The van der Waals surface area contributed by atoms with Crippen LogP contribution in [0.3, 0.4) is 0 Å². The van der Waals surface area contributed by atoms with Crippen molar-refractivity contribution < 1.29 is 152 Å². The Morgan fingerprint density at radius 2 is 0.848 bits per heavy atom. The zero-order valence-electron chi connectivity index (χ0n) is 29.2. The van der Waals surface area contributed by atoms with Gasteiger partial charge < -0.3 is 18.9 Å². The lowest BCUT2D eigenvalue weighted by molar-refractivity contribution is -0.530. The van der Waals surface area contributed by atoms with Crippen LogP contribution in [0.5, 0.6) is 0 Å². The Kier molecular flexibility index (Phi) is 25.5. The molecule has 2 aliphatic heterocycles. The Morgan fingerprint density at radius 1 is 0.530 bits per heavy atom. The summed E-state index contributed by atoms with van der Waals surface area (Å²) in [7, 11) is 0. The standard InChI is InChI=1S/C15H15F13O4.C12H9F13O4.5CH4/c1-8(16)11(18,19)32-12(20,14(24,25)26)15(27,28)31-10(17,13(21,22)23)7-29-4-3-9(2)5-30-6-9;1-5(13)8(15,16)29-9(17,11(21,22)23)12(24,25)28-7(14,10(18,19)20)4-27-6-2-3-26-6;;;;;/h1,3-7H2,2H3;6H,1-4H2;5*1H4. The molecule has 0 aliphatic carbocycles. The summed E-state index contributed by atoms with van der Waals surface area (Å²) >= 11 is 0. The molecule has 2 aliphatic rings. The average Bonchev–Trinajstić information content (AvgIpc) is 2.98. The van der Waals surface area contributed by atoms with Crippen molar-refractivity contribution in [2.45, 2.75) is 136 Å². The number of rotatable bonds is 20. The maximum Gasteiger partial charge on any atom is 0.458 e. The summed E-state index contributed by atoms with van der Waals surface area (Å²) in [6.07, 6.45) is -56.1. The molecule has 0 aromatic rings. The van der Waals surface area contributed by atoms with Crippen LogP contribution >= 0.6 is 0 Å². The first-order valence-corrected chi connectivity index (χ1v) is 15.1. The SMILES string of the molecule is C.C.C.C.C.C=C(F)C(F)(F)OC(F)(C(F)(F)F)C(F)(F)OC(F)(COC1CCO1)C(F)(F)F.C=C(F)C(F)(F)OC(F)(C(F)(F)F)C(F)(F)OC(F)(COCCC1(C)COC1)C(F)(F)F. The molecule has 34 heteroatoms. The molecule has 0 amide bonds. The van der Waals surface area contributed by atoms with Gasteiger partial charge in [0.25, 0.3) is 0 Å². The van der Waals surface area contributed by atoms with Gasteiger partial charge in [-0.3, -0.25) is 18.9 Å². The first kappa shape index (κ1) is 72.3. The van der Waals surface area contributed by atoms with Crippen LogP contribution in [0.2, 0.25) is 0 Å². The highest BCUT2D eigenvalue weighted by atomic mass is 19.4. The monoisotopic (exact) mass is 1050 g/mol. The van der Waals surface area contributed by atoms with E-state index in [4.69, 9.17) is 4.74 Å². The van der Waals surface area contributed by atoms with E-state index in [2.05, 4.69) is 33.2 Å². The van der Waals surface area contributed by atoms with Gasteiger partial charge in [-0.2, -0.15) is 105 Å². The molecule has 2 heterocycles. The predicted octanol–water partition coefficient (Wildman–Crippen LogP) is 13.7. The van der Waals surface area contributed by atoms with E-state index in [1.54, 1.807) is 20.1 Å². The lowest BCUT2D eigenvalue weighted by atomic mass is 9.85. The first-order valence-electron chi connectivity index (χ1n) is 15.1. The fourth-order valence-corrected chi connectivity index (χ4v) is 3.57. The van der Waals surface area contributed by atoms with Gasteiger partial charge in [-0.1, -0.05) is 57.2 Å². The molecule has 0 aromatic carbocycles. The number of hydrogen-bond acceptors (Lipinski definition) is 8. The zero-order valence-corrected chi connectivity index (χ0v) is 29.2. The average molecular weight is 1050 g/mol. The van der Waals surface area contributed by atoms with Crippen LogP contribution in [0.4, 0.5) is 114 Å². The zero-order chi connectivity index (χ0) is 48.5. The first-order chi connectivity index (χ1) is 26.7. The van der Waals surface area contributed by atoms with Crippen LogP contribution < -0.4 is 0 Å². The van der Waals surface area contributed by atoms with E-state index in [0.29, 0.717) is 0 Å². The van der Waals surface area contributed by atoms with Crippen molar-refractivity contribution in [2.24, 2.45) is 5.41 Å². The lowest BCUT2D eigenvalue weighted by Gasteiger charge is -2.39. The second kappa shape index (κ2) is 23.3. The number of alkyl halides is 24. The minimum atomic E-state index is -7.28. The molecule has 0 radical (unpaired) electrons. The minimum Gasteiger partial charge on any atom is -0.380 e. The van der Waals surface area contributed by atoms with Crippen LogP contribution in [0.1, 0.15) is 56.9 Å². The Bertz CT molecular complexity index is 1500. The van der Waals surface area contributed by atoms with Gasteiger partial charge in [0.05, 0.1) is 19.8 Å². The van der Waals surface area contributed by atoms with Crippen molar-refractivity contribution in [1.82, 2.24) is 0 Å². The molecule has 0 spiro atoms. The highest BCUT2D eigenvalue weighted by Crippen LogP contribution is 2.55. The van der Waals surface area contributed by atoms with Crippen LogP contribution in [0.25, 0.3) is 0 Å². The summed E-state index contributed by atoms with van der Waals surface area (Å²) < 4.78 is 367. The van der Waals surface area contributed by atoms with Gasteiger partial charge in [0.1, 0.15) is 13.2 Å². The van der Waals surface area contributed by atoms with E-state index in [1.165, 1.54) is 0 Å². The van der Waals surface area contributed by atoms with Crippen LogP contribution in [-0.4, -0.2) is 118 Å². The van der Waals surface area contributed by atoms with E-state index in [9.17, 15) is 114 Å². The third-order valence-corrected chi connectivity index (χ3v) is 7.22. The van der Waals surface area contributed by atoms with Crippen molar-refractivity contribution in [3.05, 3.63) is 24.8 Å². The van der Waals surface area contributed by atoms with Crippen molar-refractivity contribution in [2.75, 3.05) is 39.6 Å². The fourth-order valence-electron chi connectivity index (χ4n) is 3.57. The Morgan fingerprint density at radius 3 is 1.08 bits per heavy atom.